The molecule has 0 unspecified atom stereocenters. The van der Waals surface area contributed by atoms with E-state index in [0.717, 1.165) is 42.1 Å². The van der Waals surface area contributed by atoms with E-state index in [1.807, 2.05) is 94.1 Å². The molecule has 0 N–H and O–H groups in total. The second-order valence-electron chi connectivity index (χ2n) is 11.1. The fourth-order valence-corrected chi connectivity index (χ4v) is 6.34. The number of para-hydroxylation sites is 1. The Hall–Kier alpha value is -3.39. The van der Waals surface area contributed by atoms with Crippen LogP contribution in [0.5, 0.6) is 11.5 Å². The van der Waals surface area contributed by atoms with Crippen molar-refractivity contribution in [1.82, 2.24) is 9.88 Å². The van der Waals surface area contributed by atoms with Crippen molar-refractivity contribution in [2.24, 2.45) is 5.41 Å². The summed E-state index contributed by atoms with van der Waals surface area (Å²) in [5.41, 5.74) is 1.11. The Morgan fingerprint density at radius 2 is 1.68 bits per heavy atom. The van der Waals surface area contributed by atoms with Gasteiger partial charge < -0.3 is 19.1 Å². The monoisotopic (exact) mass is 564 g/mol. The number of rotatable bonds is 6. The van der Waals surface area contributed by atoms with Crippen LogP contribution in [0.3, 0.4) is 0 Å². The van der Waals surface area contributed by atoms with Gasteiger partial charge in [0.15, 0.2) is 0 Å². The van der Waals surface area contributed by atoms with Crippen LogP contribution in [-0.4, -0.2) is 47.2 Å². The minimum absolute atomic E-state index is 0.105. The van der Waals surface area contributed by atoms with Crippen molar-refractivity contribution in [1.29, 1.82) is 0 Å². The number of hydrogen-bond donors (Lipinski definition) is 0. The fraction of sp³-hybridized carbons (Fsp3) is 0.469. The van der Waals surface area contributed by atoms with Crippen LogP contribution in [0.2, 0.25) is 0 Å². The van der Waals surface area contributed by atoms with E-state index in [2.05, 4.69) is 0 Å². The Labute approximate surface area is 241 Å². The third kappa shape index (κ3) is 6.84. The molecule has 2 heterocycles. The molecule has 214 valence electrons. The van der Waals surface area contributed by atoms with Crippen molar-refractivity contribution < 1.29 is 23.8 Å². The van der Waals surface area contributed by atoms with Crippen molar-refractivity contribution in [2.75, 3.05) is 19.7 Å². The average Bonchev–Trinajstić information content (AvgIpc) is 3.55. The number of carbonyl (C=O) groups is 2. The largest absolute Gasteiger partial charge is 0.462 e. The number of ether oxygens (including phenoxy) is 3. The summed E-state index contributed by atoms with van der Waals surface area (Å²) in [6.07, 6.45) is 2.63. The van der Waals surface area contributed by atoms with E-state index in [1.54, 1.807) is 6.92 Å². The summed E-state index contributed by atoms with van der Waals surface area (Å²) in [7, 11) is 0. The zero-order valence-electron chi connectivity index (χ0n) is 24.4. The maximum atomic E-state index is 12.8. The second-order valence-corrected chi connectivity index (χ2v) is 12.2. The van der Waals surface area contributed by atoms with Gasteiger partial charge in [-0.05, 0) is 88.8 Å². The van der Waals surface area contributed by atoms with Crippen molar-refractivity contribution in [2.45, 2.75) is 72.3 Å². The second kappa shape index (κ2) is 12.4. The van der Waals surface area contributed by atoms with Crippen LogP contribution in [0.1, 0.15) is 81.4 Å². The molecule has 2 fully saturated rings. The molecule has 3 aromatic rings. The minimum Gasteiger partial charge on any atom is -0.462 e. The smallest absolute Gasteiger partial charge is 0.410 e. The van der Waals surface area contributed by atoms with Gasteiger partial charge in [0.05, 0.1) is 17.3 Å². The van der Waals surface area contributed by atoms with E-state index < -0.39 is 5.60 Å². The van der Waals surface area contributed by atoms with E-state index in [-0.39, 0.29) is 23.4 Å². The number of hydrogen-bond acceptors (Lipinski definition) is 7. The third-order valence-corrected chi connectivity index (χ3v) is 8.21. The number of nitrogens with zero attached hydrogens (tertiary/aromatic N) is 2. The molecule has 2 aromatic carbocycles. The summed E-state index contributed by atoms with van der Waals surface area (Å²) in [5.74, 6) is 1.40. The lowest BCUT2D eigenvalue weighted by Crippen LogP contribution is -2.41. The van der Waals surface area contributed by atoms with Crippen LogP contribution in [0.15, 0.2) is 54.6 Å². The summed E-state index contributed by atoms with van der Waals surface area (Å²) < 4.78 is 16.8. The van der Waals surface area contributed by atoms with Gasteiger partial charge >= 0.3 is 12.1 Å². The molecule has 0 bridgehead atoms. The highest BCUT2D eigenvalue weighted by atomic mass is 32.1. The predicted molar refractivity (Wildman–Crippen MR) is 158 cm³/mol. The number of carbonyl (C=O) groups excluding carboxylic acids is 2. The van der Waals surface area contributed by atoms with Gasteiger partial charge in [0, 0.05) is 24.6 Å². The van der Waals surface area contributed by atoms with Crippen molar-refractivity contribution >= 4 is 23.4 Å². The molecule has 1 aliphatic heterocycles. The first-order valence-corrected chi connectivity index (χ1v) is 15.0. The maximum absolute atomic E-state index is 12.8. The number of esters is 1. The number of aromatic nitrogens is 1. The average molecular weight is 565 g/mol. The van der Waals surface area contributed by atoms with Gasteiger partial charge in [-0.15, -0.1) is 11.3 Å². The Balaban J connectivity index is 0.00000181. The van der Waals surface area contributed by atoms with Crippen LogP contribution in [-0.2, 0) is 9.47 Å². The summed E-state index contributed by atoms with van der Waals surface area (Å²) in [6.45, 7) is 13.2. The molecule has 2 aliphatic rings. The van der Waals surface area contributed by atoms with Crippen molar-refractivity contribution in [3.63, 3.8) is 0 Å². The van der Waals surface area contributed by atoms with E-state index in [0.29, 0.717) is 29.5 Å². The SMILES string of the molecule is CC.CCOC(=O)c1sc(C2CC3(CCN(C(=O)OC(C)(C)C)C3)C2)nc1-c1ccc(Oc2ccccc2)cc1. The summed E-state index contributed by atoms with van der Waals surface area (Å²) in [4.78, 5) is 32.7. The summed E-state index contributed by atoms with van der Waals surface area (Å²) in [6, 6.07) is 17.2. The molecule has 40 heavy (non-hydrogen) atoms. The van der Waals surface area contributed by atoms with E-state index in [9.17, 15) is 9.59 Å². The van der Waals surface area contributed by atoms with Crippen molar-refractivity contribution in [3.05, 3.63) is 64.5 Å². The number of amides is 1. The van der Waals surface area contributed by atoms with Gasteiger partial charge in [0.2, 0.25) is 0 Å². The van der Waals surface area contributed by atoms with Gasteiger partial charge in [0.1, 0.15) is 22.0 Å². The first kappa shape index (κ1) is 29.6. The van der Waals surface area contributed by atoms with Gasteiger partial charge in [-0.25, -0.2) is 14.6 Å². The Morgan fingerprint density at radius 1 is 1.02 bits per heavy atom. The van der Waals surface area contributed by atoms with Gasteiger partial charge in [-0.1, -0.05) is 32.0 Å². The molecule has 0 radical (unpaired) electrons. The van der Waals surface area contributed by atoms with Gasteiger partial charge in [-0.3, -0.25) is 0 Å². The molecule has 1 saturated heterocycles. The molecule has 1 aliphatic carbocycles. The Bertz CT molecular complexity index is 1290. The van der Waals surface area contributed by atoms with E-state index >= 15 is 0 Å². The van der Waals surface area contributed by atoms with Gasteiger partial charge in [-0.2, -0.15) is 0 Å². The topological polar surface area (TPSA) is 78.0 Å². The molecule has 7 nitrogen and oxygen atoms in total. The van der Waals surface area contributed by atoms with Crippen LogP contribution in [0.25, 0.3) is 11.3 Å². The lowest BCUT2D eigenvalue weighted by molar-refractivity contribution is 0.0230. The Morgan fingerprint density at radius 3 is 2.30 bits per heavy atom. The van der Waals surface area contributed by atoms with E-state index in [4.69, 9.17) is 19.2 Å². The zero-order chi connectivity index (χ0) is 28.9. The lowest BCUT2D eigenvalue weighted by atomic mass is 9.61. The molecule has 1 saturated carbocycles. The van der Waals surface area contributed by atoms with Crippen LogP contribution in [0, 0.1) is 5.41 Å². The molecular weight excluding hydrogens is 524 g/mol. The highest BCUT2D eigenvalue weighted by Crippen LogP contribution is 2.57. The summed E-state index contributed by atoms with van der Waals surface area (Å²) >= 11 is 1.43. The molecule has 1 amide bonds. The van der Waals surface area contributed by atoms with Crippen LogP contribution >= 0.6 is 11.3 Å². The molecule has 8 heteroatoms. The van der Waals surface area contributed by atoms with E-state index in [1.165, 1.54) is 11.3 Å². The highest BCUT2D eigenvalue weighted by molar-refractivity contribution is 7.14. The molecule has 0 atom stereocenters. The molecular formula is C32H40N2O5S. The van der Waals surface area contributed by atoms with Gasteiger partial charge in [0.25, 0.3) is 0 Å². The first-order valence-electron chi connectivity index (χ1n) is 14.1. The van der Waals surface area contributed by atoms with Crippen LogP contribution in [0.4, 0.5) is 4.79 Å². The first-order chi connectivity index (χ1) is 19.1. The fourth-order valence-electron chi connectivity index (χ4n) is 5.26. The van der Waals surface area contributed by atoms with Crippen LogP contribution < -0.4 is 4.74 Å². The highest BCUT2D eigenvalue weighted by Gasteiger charge is 2.51. The molecule has 1 aromatic heterocycles. The molecule has 5 rings (SSSR count). The Kier molecular flexibility index (Phi) is 9.19. The third-order valence-electron chi connectivity index (χ3n) is 7.01. The number of benzene rings is 2. The quantitative estimate of drug-likeness (QED) is 0.280. The maximum Gasteiger partial charge on any atom is 0.410 e. The molecule has 1 spiro atoms. The minimum atomic E-state index is -0.498. The lowest BCUT2D eigenvalue weighted by Gasteiger charge is -2.44. The number of thiazole rings is 1. The predicted octanol–water partition coefficient (Wildman–Crippen LogP) is 8.31. The summed E-state index contributed by atoms with van der Waals surface area (Å²) in [5, 5.41) is 0.953. The normalized spacial score (nSPS) is 19.9. The standard InChI is InChI=1S/C30H34N2O5S.C2H6/c1-5-35-27(33)25-24(20-11-13-23(14-12-20)36-22-9-7-6-8-10-22)31-26(38-25)21-17-30(18-21)15-16-32(19-30)28(34)37-29(2,3)4;1-2/h6-14,21H,5,15-19H2,1-4H3;1-2H3. The van der Waals surface area contributed by atoms with Crippen molar-refractivity contribution in [3.8, 4) is 22.8 Å². The zero-order valence-corrected chi connectivity index (χ0v) is 25.2. The number of likely N-dealkylation sites (tertiary alicyclic amines) is 1.